The van der Waals surface area contributed by atoms with Gasteiger partial charge in [-0.2, -0.15) is 9.65 Å². The maximum absolute atomic E-state index is 13.0. The summed E-state index contributed by atoms with van der Waals surface area (Å²) in [4.78, 5) is 3.40. The summed E-state index contributed by atoms with van der Waals surface area (Å²) < 4.78 is 13.0. The van der Waals surface area contributed by atoms with Crippen molar-refractivity contribution in [3.8, 4) is 6.07 Å². The highest BCUT2D eigenvalue weighted by Crippen LogP contribution is 2.22. The van der Waals surface area contributed by atoms with Crippen LogP contribution in [-0.2, 0) is 0 Å². The maximum Gasteiger partial charge on any atom is 0.216 e. The van der Waals surface area contributed by atoms with Crippen LogP contribution < -0.4 is 0 Å². The third-order valence-electron chi connectivity index (χ3n) is 2.17. The van der Waals surface area contributed by atoms with Gasteiger partial charge in [-0.1, -0.05) is 0 Å². The number of halogens is 1. The summed E-state index contributed by atoms with van der Waals surface area (Å²) in [5.74, 6) is -0.685. The fourth-order valence-corrected chi connectivity index (χ4v) is 1.26. The van der Waals surface area contributed by atoms with Gasteiger partial charge in [0.05, 0.1) is 18.6 Å². The second-order valence-electron chi connectivity index (χ2n) is 3.19. The van der Waals surface area contributed by atoms with Gasteiger partial charge in [-0.25, -0.2) is 4.98 Å². The summed E-state index contributed by atoms with van der Waals surface area (Å²) in [6, 6.07) is 3.15. The number of nitrogens with zero attached hydrogens (tertiary/aromatic N) is 2. The fraction of sp³-hybridized carbons (Fsp3) is 0.400. The first-order chi connectivity index (χ1) is 7.07. The SMILES string of the molecule is Cc1c(C(O)C(O)CC#N)ccnc1F. The molecule has 1 aromatic rings. The fourth-order valence-electron chi connectivity index (χ4n) is 1.26. The van der Waals surface area contributed by atoms with Crippen LogP contribution in [0.4, 0.5) is 4.39 Å². The second kappa shape index (κ2) is 4.82. The van der Waals surface area contributed by atoms with Crippen LogP contribution >= 0.6 is 0 Å². The summed E-state index contributed by atoms with van der Waals surface area (Å²) >= 11 is 0. The predicted octanol–water partition coefficient (Wildman–Crippen LogP) is 0.837. The summed E-state index contributed by atoms with van der Waals surface area (Å²) in [6.07, 6.45) is -1.47. The van der Waals surface area contributed by atoms with Crippen molar-refractivity contribution >= 4 is 0 Å². The number of hydrogen-bond donors (Lipinski definition) is 2. The topological polar surface area (TPSA) is 77.1 Å². The van der Waals surface area contributed by atoms with E-state index in [2.05, 4.69) is 4.98 Å². The zero-order valence-corrected chi connectivity index (χ0v) is 8.18. The highest BCUT2D eigenvalue weighted by Gasteiger charge is 2.21. The Morgan fingerprint density at radius 1 is 1.60 bits per heavy atom. The van der Waals surface area contributed by atoms with E-state index in [9.17, 15) is 14.6 Å². The van der Waals surface area contributed by atoms with Crippen molar-refractivity contribution in [2.24, 2.45) is 0 Å². The molecule has 2 unspecified atom stereocenters. The monoisotopic (exact) mass is 210 g/mol. The highest BCUT2D eigenvalue weighted by atomic mass is 19.1. The third kappa shape index (κ3) is 2.49. The van der Waals surface area contributed by atoms with Crippen molar-refractivity contribution in [1.82, 2.24) is 4.98 Å². The van der Waals surface area contributed by atoms with Gasteiger partial charge in [-0.05, 0) is 18.6 Å². The molecule has 2 atom stereocenters. The van der Waals surface area contributed by atoms with Crippen LogP contribution in [0.2, 0.25) is 0 Å². The zero-order valence-electron chi connectivity index (χ0n) is 8.18. The molecule has 2 N–H and O–H groups in total. The number of aromatic nitrogens is 1. The van der Waals surface area contributed by atoms with Gasteiger partial charge in [0.15, 0.2) is 0 Å². The van der Waals surface area contributed by atoms with Crippen LogP contribution in [-0.4, -0.2) is 21.3 Å². The molecule has 1 rings (SSSR count). The molecule has 80 valence electrons. The third-order valence-corrected chi connectivity index (χ3v) is 2.17. The molecule has 0 aromatic carbocycles. The lowest BCUT2D eigenvalue weighted by Crippen LogP contribution is -2.19. The quantitative estimate of drug-likeness (QED) is 0.724. The molecule has 15 heavy (non-hydrogen) atoms. The molecule has 5 heteroatoms. The van der Waals surface area contributed by atoms with Crippen LogP contribution in [0.15, 0.2) is 12.3 Å². The van der Waals surface area contributed by atoms with Crippen molar-refractivity contribution in [3.63, 3.8) is 0 Å². The standard InChI is InChI=1S/C10H11FN2O2/c1-6-7(3-5-13-10(6)11)9(15)8(14)2-4-12/h3,5,8-9,14-15H,2H2,1H3. The predicted molar refractivity (Wildman–Crippen MR) is 50.1 cm³/mol. The van der Waals surface area contributed by atoms with Gasteiger partial charge in [0.25, 0.3) is 0 Å². The largest absolute Gasteiger partial charge is 0.389 e. The van der Waals surface area contributed by atoms with E-state index in [-0.39, 0.29) is 17.5 Å². The van der Waals surface area contributed by atoms with Crippen molar-refractivity contribution in [3.05, 3.63) is 29.3 Å². The molecule has 0 radical (unpaired) electrons. The first kappa shape index (κ1) is 11.6. The summed E-state index contributed by atoms with van der Waals surface area (Å²) in [7, 11) is 0. The first-order valence-electron chi connectivity index (χ1n) is 4.42. The minimum Gasteiger partial charge on any atom is -0.389 e. The molecule has 0 spiro atoms. The molecule has 0 amide bonds. The number of nitriles is 1. The van der Waals surface area contributed by atoms with E-state index >= 15 is 0 Å². The second-order valence-corrected chi connectivity index (χ2v) is 3.19. The van der Waals surface area contributed by atoms with E-state index in [1.54, 1.807) is 6.07 Å². The molecule has 1 aromatic heterocycles. The van der Waals surface area contributed by atoms with Crippen LogP contribution in [0.25, 0.3) is 0 Å². The number of aliphatic hydroxyl groups is 2. The highest BCUT2D eigenvalue weighted by molar-refractivity contribution is 5.26. The average Bonchev–Trinajstić information content (AvgIpc) is 2.21. The Hall–Kier alpha value is -1.51. The Balaban J connectivity index is 2.96. The Bertz CT molecular complexity index is 389. The minimum absolute atomic E-state index is 0.182. The molecule has 0 saturated heterocycles. The molecule has 0 saturated carbocycles. The molecule has 0 aliphatic carbocycles. The van der Waals surface area contributed by atoms with Gasteiger partial charge in [-0.3, -0.25) is 0 Å². The van der Waals surface area contributed by atoms with E-state index in [1.807, 2.05) is 0 Å². The lowest BCUT2D eigenvalue weighted by atomic mass is 10.00. The molecule has 4 nitrogen and oxygen atoms in total. The molecule has 0 fully saturated rings. The molecular formula is C10H11FN2O2. The minimum atomic E-state index is -1.26. The van der Waals surface area contributed by atoms with Gasteiger partial charge in [0.1, 0.15) is 6.10 Å². The lowest BCUT2D eigenvalue weighted by molar-refractivity contribution is 0.0210. The van der Waals surface area contributed by atoms with Crippen molar-refractivity contribution in [2.45, 2.75) is 25.6 Å². The van der Waals surface area contributed by atoms with E-state index < -0.39 is 18.2 Å². The molecular weight excluding hydrogens is 199 g/mol. The number of rotatable bonds is 3. The lowest BCUT2D eigenvalue weighted by Gasteiger charge is -2.17. The normalized spacial score (nSPS) is 14.3. The van der Waals surface area contributed by atoms with Crippen molar-refractivity contribution < 1.29 is 14.6 Å². The Kier molecular flexibility index (Phi) is 3.72. The van der Waals surface area contributed by atoms with E-state index in [0.29, 0.717) is 0 Å². The van der Waals surface area contributed by atoms with Crippen LogP contribution in [0.1, 0.15) is 23.7 Å². The smallest absolute Gasteiger partial charge is 0.216 e. The van der Waals surface area contributed by atoms with Crippen LogP contribution in [0, 0.1) is 24.2 Å². The average molecular weight is 210 g/mol. The molecule has 0 bridgehead atoms. The van der Waals surface area contributed by atoms with Gasteiger partial charge < -0.3 is 10.2 Å². The summed E-state index contributed by atoms with van der Waals surface area (Å²) in [6.45, 7) is 1.46. The van der Waals surface area contributed by atoms with E-state index in [4.69, 9.17) is 5.26 Å². The Morgan fingerprint density at radius 2 is 2.27 bits per heavy atom. The van der Waals surface area contributed by atoms with Gasteiger partial charge in [0.2, 0.25) is 5.95 Å². The van der Waals surface area contributed by atoms with E-state index in [0.717, 1.165) is 0 Å². The molecule has 1 heterocycles. The van der Waals surface area contributed by atoms with Crippen molar-refractivity contribution in [1.29, 1.82) is 5.26 Å². The summed E-state index contributed by atoms with van der Waals surface area (Å²) in [5.41, 5.74) is 0.437. The number of pyridine rings is 1. The summed E-state index contributed by atoms with van der Waals surface area (Å²) in [5, 5.41) is 27.3. The van der Waals surface area contributed by atoms with Gasteiger partial charge in [0, 0.05) is 11.8 Å². The van der Waals surface area contributed by atoms with Crippen LogP contribution in [0.5, 0.6) is 0 Å². The van der Waals surface area contributed by atoms with Gasteiger partial charge in [-0.15, -0.1) is 0 Å². The number of aliphatic hydroxyl groups excluding tert-OH is 2. The molecule has 0 aliphatic rings. The number of hydrogen-bond acceptors (Lipinski definition) is 4. The Morgan fingerprint density at radius 3 is 2.87 bits per heavy atom. The first-order valence-corrected chi connectivity index (χ1v) is 4.42. The Labute approximate surface area is 86.6 Å². The van der Waals surface area contributed by atoms with Crippen molar-refractivity contribution in [2.75, 3.05) is 0 Å². The zero-order chi connectivity index (χ0) is 11.4. The van der Waals surface area contributed by atoms with Crippen LogP contribution in [0.3, 0.4) is 0 Å². The molecule has 0 aliphatic heterocycles. The van der Waals surface area contributed by atoms with Gasteiger partial charge >= 0.3 is 0 Å². The maximum atomic E-state index is 13.0. The van der Waals surface area contributed by atoms with E-state index in [1.165, 1.54) is 19.2 Å².